The van der Waals surface area contributed by atoms with E-state index in [4.69, 9.17) is 19.5 Å². The number of aliphatic hydroxyl groups excluding tert-OH is 1. The van der Waals surface area contributed by atoms with Crippen LogP contribution in [0.5, 0.6) is 0 Å². The molecule has 1 aliphatic rings. The van der Waals surface area contributed by atoms with Crippen molar-refractivity contribution in [2.24, 2.45) is 11.7 Å². The molecule has 0 spiro atoms. The van der Waals surface area contributed by atoms with Crippen LogP contribution >= 0.6 is 7.82 Å². The van der Waals surface area contributed by atoms with E-state index in [-0.39, 0.29) is 44.3 Å². The molecule has 1 aliphatic heterocycles. The molecule has 1 fully saturated rings. The summed E-state index contributed by atoms with van der Waals surface area (Å²) in [5.41, 5.74) is 6.22. The predicted molar refractivity (Wildman–Crippen MR) is 217 cm³/mol. The van der Waals surface area contributed by atoms with Gasteiger partial charge in [-0.1, -0.05) is 44.2 Å². The lowest BCUT2D eigenvalue weighted by Gasteiger charge is -2.31. The van der Waals surface area contributed by atoms with Gasteiger partial charge in [-0.2, -0.15) is 0 Å². The number of hydrogen-bond acceptors (Lipinski definition) is 12. The van der Waals surface area contributed by atoms with Gasteiger partial charge in [-0.25, -0.2) is 9.55 Å². The van der Waals surface area contributed by atoms with Gasteiger partial charge in [0.25, 0.3) is 0 Å². The SMILES string of the molecule is COCCCOP(=O)(O)OC(C)C(NC(=O)C(CO)NC(=O)C(Cc1cncn1C(C)(C)c1ccccc1)NC(=O)C(CC(C)C)NC(=O)C1CCCN1C(C)=O)C(N)=O. The summed E-state index contributed by atoms with van der Waals surface area (Å²) in [7, 11) is -3.30. The van der Waals surface area contributed by atoms with Crippen molar-refractivity contribution in [1.29, 1.82) is 0 Å². The maximum absolute atomic E-state index is 14.2. The number of aliphatic hydroxyl groups is 1. The molecule has 0 saturated carbocycles. The number of amides is 6. The lowest BCUT2D eigenvalue weighted by atomic mass is 9.93. The normalized spacial score (nSPS) is 17.8. The molecule has 21 heteroatoms. The van der Waals surface area contributed by atoms with Crippen molar-refractivity contribution in [2.75, 3.05) is 33.5 Å². The molecular formula is C39H61N8O12P. The average molecular weight is 865 g/mol. The Kier molecular flexibility index (Phi) is 18.8. The number of aromatic nitrogens is 2. The molecule has 60 heavy (non-hydrogen) atoms. The first-order chi connectivity index (χ1) is 28.2. The van der Waals surface area contributed by atoms with Gasteiger partial charge in [0, 0.05) is 45.5 Å². The zero-order chi connectivity index (χ0) is 44.8. The monoisotopic (exact) mass is 864 g/mol. The van der Waals surface area contributed by atoms with Crippen LogP contribution in [0, 0.1) is 5.92 Å². The Labute approximate surface area is 350 Å². The Hall–Kier alpha value is -4.72. The summed E-state index contributed by atoms with van der Waals surface area (Å²) < 4.78 is 29.1. The highest BCUT2D eigenvalue weighted by molar-refractivity contribution is 7.47. The molecule has 3 rings (SSSR count). The number of methoxy groups -OCH3 is 1. The standard InChI is InChI=1S/C39H61N8O12P/c1-24(2)19-29(43-38(54)32-15-11-16-46(32)26(4)49)35(51)42-30(20-28-21-41-23-47(28)39(5,6)27-13-9-8-10-14-27)36(52)44-31(22-48)37(53)45-33(34(40)50)25(3)59-60(55,56)58-18-12-17-57-7/h8-10,13-14,21,23-25,29-33,48H,11-12,15-20,22H2,1-7H3,(H2,40,50)(H,42,51)(H,43,54)(H,44,52)(H,45,53)(H,55,56). The second-order valence-electron chi connectivity index (χ2n) is 15.6. The maximum Gasteiger partial charge on any atom is 0.472 e. The number of carbonyl (C=O) groups is 6. The molecule has 0 aliphatic carbocycles. The van der Waals surface area contributed by atoms with E-state index in [1.165, 1.54) is 32.1 Å². The molecule has 7 unspecified atom stereocenters. The van der Waals surface area contributed by atoms with E-state index in [9.17, 15) is 43.3 Å². The number of imidazole rings is 1. The number of nitrogens with one attached hydrogen (secondary N) is 4. The van der Waals surface area contributed by atoms with Gasteiger partial charge >= 0.3 is 7.82 Å². The van der Waals surface area contributed by atoms with Crippen LogP contribution in [-0.4, -0.2) is 130 Å². The van der Waals surface area contributed by atoms with E-state index < -0.39 is 85.8 Å². The first-order valence-electron chi connectivity index (χ1n) is 19.8. The third kappa shape index (κ3) is 14.2. The number of primary amides is 1. The molecule has 2 heterocycles. The van der Waals surface area contributed by atoms with Crippen LogP contribution in [0.1, 0.15) is 78.5 Å². The van der Waals surface area contributed by atoms with E-state index in [0.29, 0.717) is 25.1 Å². The maximum atomic E-state index is 14.2. The average Bonchev–Trinajstić information content (AvgIpc) is 3.88. The highest BCUT2D eigenvalue weighted by Gasteiger charge is 2.38. The van der Waals surface area contributed by atoms with Crippen molar-refractivity contribution < 1.29 is 57.1 Å². The van der Waals surface area contributed by atoms with Crippen molar-refractivity contribution in [2.45, 2.75) is 115 Å². The van der Waals surface area contributed by atoms with Crippen molar-refractivity contribution in [1.82, 2.24) is 35.7 Å². The number of ether oxygens (including phenoxy) is 1. The minimum Gasteiger partial charge on any atom is -0.394 e. The second kappa shape index (κ2) is 22.8. The van der Waals surface area contributed by atoms with Crippen molar-refractivity contribution in [3.8, 4) is 0 Å². The van der Waals surface area contributed by atoms with E-state index in [2.05, 4.69) is 26.3 Å². The molecule has 8 N–H and O–H groups in total. The minimum atomic E-state index is -4.73. The van der Waals surface area contributed by atoms with Gasteiger partial charge in [-0.15, -0.1) is 0 Å². The fourth-order valence-electron chi connectivity index (χ4n) is 6.86. The summed E-state index contributed by atoms with van der Waals surface area (Å²) in [6.07, 6.45) is 2.88. The number of phosphoric acid groups is 1. The summed E-state index contributed by atoms with van der Waals surface area (Å²) in [6, 6.07) is 2.71. The second-order valence-corrected chi connectivity index (χ2v) is 17.0. The first-order valence-corrected chi connectivity index (χ1v) is 21.3. The van der Waals surface area contributed by atoms with Gasteiger partial charge < -0.3 is 51.2 Å². The van der Waals surface area contributed by atoms with Gasteiger partial charge in [0.2, 0.25) is 35.4 Å². The minimum absolute atomic E-state index is 0.0945. The number of nitrogens with two attached hydrogens (primary N) is 1. The molecule has 0 bridgehead atoms. The van der Waals surface area contributed by atoms with Gasteiger partial charge in [0.1, 0.15) is 30.2 Å². The van der Waals surface area contributed by atoms with E-state index >= 15 is 0 Å². The fourth-order valence-corrected chi connectivity index (χ4v) is 7.83. The zero-order valence-electron chi connectivity index (χ0n) is 35.3. The Morgan fingerprint density at radius 2 is 1.60 bits per heavy atom. The lowest BCUT2D eigenvalue weighted by Crippen LogP contribution is -2.61. The Balaban J connectivity index is 1.91. The van der Waals surface area contributed by atoms with E-state index in [1.807, 2.05) is 62.6 Å². The number of benzene rings is 1. The van der Waals surface area contributed by atoms with Crippen molar-refractivity contribution >= 4 is 43.3 Å². The lowest BCUT2D eigenvalue weighted by molar-refractivity contribution is -0.139. The number of hydrogen-bond donors (Lipinski definition) is 7. The van der Waals surface area contributed by atoms with Crippen molar-refractivity contribution in [3.05, 3.63) is 54.1 Å². The predicted octanol–water partition coefficient (Wildman–Crippen LogP) is 0.241. The van der Waals surface area contributed by atoms with Crippen LogP contribution in [0.3, 0.4) is 0 Å². The van der Waals surface area contributed by atoms with Gasteiger partial charge in [0.05, 0.1) is 31.2 Å². The Morgan fingerprint density at radius 3 is 2.20 bits per heavy atom. The highest BCUT2D eigenvalue weighted by Crippen LogP contribution is 2.45. The molecular weight excluding hydrogens is 803 g/mol. The summed E-state index contributed by atoms with van der Waals surface area (Å²) in [5, 5.41) is 20.5. The number of rotatable bonds is 24. The number of nitrogens with zero attached hydrogens (tertiary/aromatic N) is 3. The highest BCUT2D eigenvalue weighted by atomic mass is 31.2. The third-order valence-electron chi connectivity index (χ3n) is 10.1. The Morgan fingerprint density at radius 1 is 0.967 bits per heavy atom. The molecule has 6 amide bonds. The first kappa shape index (κ1) is 49.6. The number of phosphoric ester groups is 1. The molecule has 2 aromatic rings. The molecule has 1 aromatic heterocycles. The smallest absolute Gasteiger partial charge is 0.394 e. The van der Waals surface area contributed by atoms with Crippen LogP contribution in [0.4, 0.5) is 0 Å². The quantitative estimate of drug-likeness (QED) is 0.0551. The van der Waals surface area contributed by atoms with Gasteiger partial charge in [-0.05, 0) is 57.9 Å². The van der Waals surface area contributed by atoms with Crippen LogP contribution in [0.15, 0.2) is 42.9 Å². The Bertz CT molecular complexity index is 1830. The largest absolute Gasteiger partial charge is 0.472 e. The summed E-state index contributed by atoms with van der Waals surface area (Å²) in [4.78, 5) is 95.9. The fraction of sp³-hybridized carbons (Fsp3) is 0.615. The summed E-state index contributed by atoms with van der Waals surface area (Å²) in [6.45, 7) is 9.58. The zero-order valence-corrected chi connectivity index (χ0v) is 36.2. The third-order valence-corrected chi connectivity index (χ3v) is 11.2. The van der Waals surface area contributed by atoms with Crippen LogP contribution < -0.4 is 27.0 Å². The summed E-state index contributed by atoms with van der Waals surface area (Å²) in [5.74, 6) is -4.81. The molecule has 20 nitrogen and oxygen atoms in total. The van der Waals surface area contributed by atoms with Crippen LogP contribution in [-0.2, 0) is 59.1 Å². The van der Waals surface area contributed by atoms with E-state index in [1.54, 1.807) is 6.33 Å². The molecule has 7 atom stereocenters. The summed E-state index contributed by atoms with van der Waals surface area (Å²) >= 11 is 0. The van der Waals surface area contributed by atoms with Gasteiger partial charge in [-0.3, -0.25) is 37.8 Å². The molecule has 0 radical (unpaired) electrons. The van der Waals surface area contributed by atoms with Crippen molar-refractivity contribution in [3.63, 3.8) is 0 Å². The van der Waals surface area contributed by atoms with Crippen LogP contribution in [0.25, 0.3) is 0 Å². The molecule has 1 aromatic carbocycles. The number of carbonyl (C=O) groups excluding carboxylic acids is 6. The topological polar surface area (TPSA) is 283 Å². The van der Waals surface area contributed by atoms with Crippen LogP contribution in [0.2, 0.25) is 0 Å². The van der Waals surface area contributed by atoms with Gasteiger partial charge in [0.15, 0.2) is 0 Å². The van der Waals surface area contributed by atoms with E-state index in [0.717, 1.165) is 5.56 Å². The number of likely N-dealkylation sites (tertiary alicyclic amines) is 1. The molecule has 1 saturated heterocycles. The molecule has 334 valence electrons.